The molecule has 0 radical (unpaired) electrons. The van der Waals surface area contributed by atoms with Crippen molar-refractivity contribution in [1.82, 2.24) is 10.2 Å². The van der Waals surface area contributed by atoms with E-state index in [0.29, 0.717) is 0 Å². The monoisotopic (exact) mass is 300 g/mol. The molecule has 21 heavy (non-hydrogen) atoms. The summed E-state index contributed by atoms with van der Waals surface area (Å²) in [6, 6.07) is -0.746. The van der Waals surface area contributed by atoms with E-state index in [9.17, 15) is 9.90 Å². The van der Waals surface area contributed by atoms with E-state index in [1.165, 1.54) is 7.11 Å². The van der Waals surface area contributed by atoms with Crippen LogP contribution in [0.2, 0.25) is 0 Å². The van der Waals surface area contributed by atoms with Gasteiger partial charge in [-0.25, -0.2) is 4.79 Å². The number of carbonyl (C=O) groups excluding carboxylic acids is 1. The lowest BCUT2D eigenvalue weighted by molar-refractivity contribution is -0.197. The Morgan fingerprint density at radius 3 is 3.00 bits per heavy atom. The lowest BCUT2D eigenvalue weighted by Gasteiger charge is -2.36. The minimum Gasteiger partial charge on any atom is -0.467 e. The topological polar surface area (TPSA) is 80.3 Å². The molecule has 0 aromatic carbocycles. The Kier molecular flexibility index (Phi) is 5.84. The molecule has 2 aliphatic rings. The normalized spacial score (nSPS) is 28.0. The van der Waals surface area contributed by atoms with Gasteiger partial charge in [0.2, 0.25) is 0 Å². The van der Waals surface area contributed by atoms with Gasteiger partial charge < -0.3 is 29.5 Å². The lowest BCUT2D eigenvalue weighted by Crippen LogP contribution is -2.54. The summed E-state index contributed by atoms with van der Waals surface area (Å²) in [7, 11) is 1.31. The van der Waals surface area contributed by atoms with Crippen molar-refractivity contribution in [2.75, 3.05) is 20.3 Å². The number of aliphatic hydroxyl groups is 1. The Morgan fingerprint density at radius 1 is 1.57 bits per heavy atom. The molecule has 4 atom stereocenters. The molecular formula is C14H24N2O5. The first-order valence-electron chi connectivity index (χ1n) is 7.33. The molecule has 2 N–H and O–H groups in total. The van der Waals surface area contributed by atoms with Crippen molar-refractivity contribution >= 4 is 5.97 Å². The minimum absolute atomic E-state index is 0.205. The fourth-order valence-electron chi connectivity index (χ4n) is 2.64. The van der Waals surface area contributed by atoms with Crippen molar-refractivity contribution in [3.63, 3.8) is 0 Å². The van der Waals surface area contributed by atoms with Crippen molar-refractivity contribution in [2.24, 2.45) is 0 Å². The van der Waals surface area contributed by atoms with Crippen LogP contribution in [0.5, 0.6) is 0 Å². The van der Waals surface area contributed by atoms with Gasteiger partial charge in [-0.1, -0.05) is 0 Å². The van der Waals surface area contributed by atoms with Crippen LogP contribution in [-0.2, 0) is 19.0 Å². The molecule has 7 nitrogen and oxygen atoms in total. The van der Waals surface area contributed by atoms with Crippen LogP contribution in [0.25, 0.3) is 0 Å². The predicted molar refractivity (Wildman–Crippen MR) is 74.9 cm³/mol. The van der Waals surface area contributed by atoms with Crippen molar-refractivity contribution in [1.29, 1.82) is 0 Å². The van der Waals surface area contributed by atoms with E-state index < -0.39 is 12.0 Å². The molecule has 1 saturated heterocycles. The van der Waals surface area contributed by atoms with E-state index in [1.54, 1.807) is 17.3 Å². The first-order valence-corrected chi connectivity index (χ1v) is 7.33. The van der Waals surface area contributed by atoms with E-state index in [1.807, 2.05) is 6.92 Å². The maximum Gasteiger partial charge on any atom is 0.330 e. The molecule has 0 saturated carbocycles. The fraction of sp³-hybridized carbons (Fsp3) is 0.786. The van der Waals surface area contributed by atoms with Gasteiger partial charge >= 0.3 is 5.97 Å². The van der Waals surface area contributed by atoms with Crippen molar-refractivity contribution in [3.8, 4) is 0 Å². The van der Waals surface area contributed by atoms with Gasteiger partial charge in [0.1, 0.15) is 6.17 Å². The molecule has 0 aliphatic carbocycles. The summed E-state index contributed by atoms with van der Waals surface area (Å²) in [4.78, 5) is 13.5. The summed E-state index contributed by atoms with van der Waals surface area (Å²) >= 11 is 0. The van der Waals surface area contributed by atoms with Crippen molar-refractivity contribution < 1.29 is 24.1 Å². The van der Waals surface area contributed by atoms with Crippen molar-refractivity contribution in [2.45, 2.75) is 50.8 Å². The highest BCUT2D eigenvalue weighted by atomic mass is 16.7. The van der Waals surface area contributed by atoms with Crippen LogP contribution in [0, 0.1) is 0 Å². The standard InChI is InChI=1S/C14H24N2O5/c1-10(21-12-5-3-4-8-20-12)13-15-6-7-16(13)11(9-17)14(18)19-2/h6-7,10-13,15,17H,3-5,8-9H2,1-2H3/t10-,11+,12?,13?/m0/s1. The van der Waals surface area contributed by atoms with Gasteiger partial charge in [-0.15, -0.1) is 0 Å². The molecule has 0 spiro atoms. The van der Waals surface area contributed by atoms with Gasteiger partial charge in [0.05, 0.1) is 19.8 Å². The second kappa shape index (κ2) is 7.63. The molecule has 0 amide bonds. The highest BCUT2D eigenvalue weighted by Gasteiger charge is 2.36. The highest BCUT2D eigenvalue weighted by molar-refractivity contribution is 5.76. The Morgan fingerprint density at radius 2 is 2.38 bits per heavy atom. The van der Waals surface area contributed by atoms with Gasteiger partial charge in [0, 0.05) is 19.0 Å². The molecule has 2 rings (SSSR count). The maximum atomic E-state index is 11.7. The summed E-state index contributed by atoms with van der Waals surface area (Å²) in [6.07, 6.45) is 5.85. The molecule has 0 aromatic rings. The van der Waals surface area contributed by atoms with Gasteiger partial charge in [-0.05, 0) is 26.2 Å². The number of methoxy groups -OCH3 is 1. The molecule has 120 valence electrons. The first-order chi connectivity index (χ1) is 10.2. The molecule has 0 aromatic heterocycles. The van der Waals surface area contributed by atoms with Crippen LogP contribution in [0.4, 0.5) is 0 Å². The number of hydrogen-bond donors (Lipinski definition) is 2. The van der Waals surface area contributed by atoms with E-state index in [2.05, 4.69) is 5.32 Å². The number of ether oxygens (including phenoxy) is 3. The van der Waals surface area contributed by atoms with Crippen LogP contribution in [-0.4, -0.2) is 60.9 Å². The third kappa shape index (κ3) is 3.87. The van der Waals surface area contributed by atoms with Gasteiger partial charge in [-0.2, -0.15) is 0 Å². The Hall–Kier alpha value is -1.31. The van der Waals surface area contributed by atoms with E-state index in [0.717, 1.165) is 25.9 Å². The second-order valence-corrected chi connectivity index (χ2v) is 5.23. The number of hydrogen-bond acceptors (Lipinski definition) is 7. The zero-order chi connectivity index (χ0) is 15.2. The van der Waals surface area contributed by atoms with Crippen LogP contribution in [0.3, 0.4) is 0 Å². The number of aliphatic hydroxyl groups excluding tert-OH is 1. The summed E-state index contributed by atoms with van der Waals surface area (Å²) in [5.41, 5.74) is 0. The summed E-state index contributed by atoms with van der Waals surface area (Å²) < 4.78 is 16.2. The number of nitrogens with zero attached hydrogens (tertiary/aromatic N) is 1. The fourth-order valence-corrected chi connectivity index (χ4v) is 2.64. The molecule has 2 aliphatic heterocycles. The molecule has 7 heteroatoms. The number of rotatable bonds is 6. The van der Waals surface area contributed by atoms with Crippen LogP contribution in [0.15, 0.2) is 12.4 Å². The highest BCUT2D eigenvalue weighted by Crippen LogP contribution is 2.21. The second-order valence-electron chi connectivity index (χ2n) is 5.23. The molecule has 1 fully saturated rings. The lowest BCUT2D eigenvalue weighted by atomic mass is 10.2. The van der Waals surface area contributed by atoms with E-state index in [-0.39, 0.29) is 25.2 Å². The predicted octanol–water partition coefficient (Wildman–Crippen LogP) is 0.155. The van der Waals surface area contributed by atoms with Gasteiger partial charge in [0.15, 0.2) is 12.3 Å². The molecule has 2 unspecified atom stereocenters. The molecular weight excluding hydrogens is 276 g/mol. The molecule has 0 bridgehead atoms. The largest absolute Gasteiger partial charge is 0.467 e. The number of carbonyl (C=O) groups is 1. The van der Waals surface area contributed by atoms with Gasteiger partial charge in [-0.3, -0.25) is 0 Å². The summed E-state index contributed by atoms with van der Waals surface area (Å²) in [5.74, 6) is -0.475. The summed E-state index contributed by atoms with van der Waals surface area (Å²) in [5, 5.41) is 12.6. The molecule has 2 heterocycles. The van der Waals surface area contributed by atoms with Crippen LogP contribution >= 0.6 is 0 Å². The Balaban J connectivity index is 1.95. The first kappa shape index (κ1) is 16.1. The number of nitrogens with one attached hydrogen (secondary N) is 1. The third-order valence-corrected chi connectivity index (χ3v) is 3.79. The zero-order valence-electron chi connectivity index (χ0n) is 12.5. The Bertz CT molecular complexity index is 370. The number of esters is 1. The minimum atomic E-state index is -0.746. The van der Waals surface area contributed by atoms with E-state index in [4.69, 9.17) is 14.2 Å². The average Bonchev–Trinajstić information content (AvgIpc) is 2.98. The van der Waals surface area contributed by atoms with Crippen LogP contribution < -0.4 is 5.32 Å². The summed E-state index contributed by atoms with van der Waals surface area (Å²) in [6.45, 7) is 2.32. The van der Waals surface area contributed by atoms with E-state index >= 15 is 0 Å². The smallest absolute Gasteiger partial charge is 0.330 e. The zero-order valence-corrected chi connectivity index (χ0v) is 12.5. The average molecular weight is 300 g/mol. The SMILES string of the molecule is COC(=O)[C@@H](CO)N1C=CNC1[C@H](C)OC1CCCCO1. The van der Waals surface area contributed by atoms with Crippen molar-refractivity contribution in [3.05, 3.63) is 12.4 Å². The third-order valence-electron chi connectivity index (χ3n) is 3.79. The maximum absolute atomic E-state index is 11.7. The Labute approximate surface area is 124 Å². The van der Waals surface area contributed by atoms with Crippen LogP contribution in [0.1, 0.15) is 26.2 Å². The quantitative estimate of drug-likeness (QED) is 0.676. The van der Waals surface area contributed by atoms with Gasteiger partial charge in [0.25, 0.3) is 0 Å².